The molecule has 0 bridgehead atoms. The Kier molecular flexibility index (Phi) is 7.48. The summed E-state index contributed by atoms with van der Waals surface area (Å²) in [5, 5.41) is 0. The van der Waals surface area contributed by atoms with E-state index in [0.717, 1.165) is 6.54 Å². The molecule has 0 spiro atoms. The van der Waals surface area contributed by atoms with Crippen molar-refractivity contribution in [1.29, 1.82) is 0 Å². The van der Waals surface area contributed by atoms with E-state index >= 15 is 0 Å². The summed E-state index contributed by atoms with van der Waals surface area (Å²) in [6.45, 7) is 8.06. The fourth-order valence-corrected chi connectivity index (χ4v) is 1.48. The summed E-state index contributed by atoms with van der Waals surface area (Å²) in [6.07, 6.45) is 2.34. The summed E-state index contributed by atoms with van der Waals surface area (Å²) < 4.78 is 4.88. The number of esters is 1. The van der Waals surface area contributed by atoms with Crippen molar-refractivity contribution in [2.75, 3.05) is 26.7 Å². The average molecular weight is 201 g/mol. The monoisotopic (exact) mass is 201 g/mol. The van der Waals surface area contributed by atoms with E-state index in [1.165, 1.54) is 12.8 Å². The first-order chi connectivity index (χ1) is 6.63. The number of hydrogen-bond acceptors (Lipinski definition) is 3. The van der Waals surface area contributed by atoms with E-state index in [-0.39, 0.29) is 5.97 Å². The highest BCUT2D eigenvalue weighted by atomic mass is 16.5. The van der Waals surface area contributed by atoms with Crippen LogP contribution in [0, 0.1) is 5.92 Å². The Morgan fingerprint density at radius 1 is 1.29 bits per heavy atom. The van der Waals surface area contributed by atoms with Crippen LogP contribution in [0.1, 0.15) is 33.6 Å². The number of rotatable bonds is 7. The number of ether oxygens (including phenoxy) is 1. The maximum absolute atomic E-state index is 11.1. The van der Waals surface area contributed by atoms with E-state index in [9.17, 15) is 4.79 Å². The Balaban J connectivity index is 3.72. The van der Waals surface area contributed by atoms with Gasteiger partial charge in [-0.05, 0) is 19.9 Å². The van der Waals surface area contributed by atoms with E-state index in [1.54, 1.807) is 0 Å². The second-order valence-electron chi connectivity index (χ2n) is 3.68. The second kappa shape index (κ2) is 7.80. The highest BCUT2D eigenvalue weighted by Crippen LogP contribution is 2.08. The maximum atomic E-state index is 11.1. The molecule has 0 saturated heterocycles. The average Bonchev–Trinajstić information content (AvgIpc) is 2.14. The Morgan fingerprint density at radius 2 is 1.86 bits per heavy atom. The molecule has 0 aromatic carbocycles. The molecule has 0 rings (SSSR count). The van der Waals surface area contributed by atoms with Gasteiger partial charge in [0, 0.05) is 6.54 Å². The molecule has 0 unspecified atom stereocenters. The summed E-state index contributed by atoms with van der Waals surface area (Å²) >= 11 is 0. The minimum atomic E-state index is -0.124. The van der Waals surface area contributed by atoms with Crippen molar-refractivity contribution in [2.45, 2.75) is 33.6 Å². The van der Waals surface area contributed by atoms with Crippen LogP contribution in [-0.2, 0) is 9.53 Å². The molecule has 0 aliphatic carbocycles. The first-order valence-electron chi connectivity index (χ1n) is 5.48. The molecule has 14 heavy (non-hydrogen) atoms. The quantitative estimate of drug-likeness (QED) is 0.589. The lowest BCUT2D eigenvalue weighted by Crippen LogP contribution is -2.31. The van der Waals surface area contributed by atoms with Gasteiger partial charge in [-0.25, -0.2) is 0 Å². The minimum absolute atomic E-state index is 0.124. The van der Waals surface area contributed by atoms with E-state index in [2.05, 4.69) is 13.8 Å². The summed E-state index contributed by atoms with van der Waals surface area (Å²) in [5.41, 5.74) is 0. The van der Waals surface area contributed by atoms with E-state index < -0.39 is 0 Å². The smallest absolute Gasteiger partial charge is 0.320 e. The van der Waals surface area contributed by atoms with Crippen molar-refractivity contribution in [2.24, 2.45) is 5.92 Å². The molecule has 0 aliphatic rings. The van der Waals surface area contributed by atoms with Gasteiger partial charge in [0.1, 0.15) is 0 Å². The van der Waals surface area contributed by atoms with Crippen molar-refractivity contribution in [1.82, 2.24) is 4.90 Å². The van der Waals surface area contributed by atoms with Gasteiger partial charge in [0.15, 0.2) is 0 Å². The SMILES string of the molecule is CCOC(=O)CN(C)CC(CC)CC. The number of carbonyl (C=O) groups excluding carboxylic acids is 1. The predicted octanol–water partition coefficient (Wildman–Crippen LogP) is 1.92. The van der Waals surface area contributed by atoms with E-state index in [1.807, 2.05) is 18.9 Å². The highest BCUT2D eigenvalue weighted by molar-refractivity contribution is 5.71. The van der Waals surface area contributed by atoms with Crippen molar-refractivity contribution < 1.29 is 9.53 Å². The van der Waals surface area contributed by atoms with Gasteiger partial charge in [-0.1, -0.05) is 26.7 Å². The summed E-state index contributed by atoms with van der Waals surface area (Å²) in [4.78, 5) is 13.2. The zero-order valence-corrected chi connectivity index (χ0v) is 9.88. The predicted molar refractivity (Wildman–Crippen MR) is 58.2 cm³/mol. The minimum Gasteiger partial charge on any atom is -0.465 e. The fraction of sp³-hybridized carbons (Fsp3) is 0.909. The lowest BCUT2D eigenvalue weighted by molar-refractivity contribution is -0.144. The Labute approximate surface area is 87.4 Å². The summed E-state index contributed by atoms with van der Waals surface area (Å²) in [7, 11) is 1.97. The van der Waals surface area contributed by atoms with Crippen LogP contribution in [0.2, 0.25) is 0 Å². The molecule has 0 saturated carbocycles. The van der Waals surface area contributed by atoms with Gasteiger partial charge in [0.05, 0.1) is 13.2 Å². The molecule has 0 heterocycles. The van der Waals surface area contributed by atoms with Crippen LogP contribution in [0.25, 0.3) is 0 Å². The van der Waals surface area contributed by atoms with Crippen LogP contribution >= 0.6 is 0 Å². The van der Waals surface area contributed by atoms with Gasteiger partial charge in [0.25, 0.3) is 0 Å². The number of nitrogens with zero attached hydrogens (tertiary/aromatic N) is 1. The van der Waals surface area contributed by atoms with Gasteiger partial charge in [-0.15, -0.1) is 0 Å². The first kappa shape index (κ1) is 13.4. The molecule has 84 valence electrons. The lowest BCUT2D eigenvalue weighted by Gasteiger charge is -2.21. The third-order valence-corrected chi connectivity index (χ3v) is 2.43. The molecule has 0 radical (unpaired) electrons. The Bertz CT molecular complexity index is 155. The standard InChI is InChI=1S/C11H23NO2/c1-5-10(6-2)8-12(4)9-11(13)14-7-3/h10H,5-9H2,1-4H3. The van der Waals surface area contributed by atoms with Gasteiger partial charge in [-0.3, -0.25) is 9.69 Å². The lowest BCUT2D eigenvalue weighted by atomic mass is 10.0. The topological polar surface area (TPSA) is 29.5 Å². The van der Waals surface area contributed by atoms with Crippen LogP contribution in [-0.4, -0.2) is 37.6 Å². The molecule has 0 aliphatic heterocycles. The molecule has 3 nitrogen and oxygen atoms in total. The second-order valence-corrected chi connectivity index (χ2v) is 3.68. The van der Waals surface area contributed by atoms with E-state index in [0.29, 0.717) is 19.1 Å². The highest BCUT2D eigenvalue weighted by Gasteiger charge is 2.11. The van der Waals surface area contributed by atoms with Gasteiger partial charge >= 0.3 is 5.97 Å². The number of carbonyl (C=O) groups is 1. The summed E-state index contributed by atoms with van der Waals surface area (Å²) in [5.74, 6) is 0.565. The maximum Gasteiger partial charge on any atom is 0.320 e. The van der Waals surface area contributed by atoms with Crippen molar-refractivity contribution in [3.63, 3.8) is 0 Å². The largest absolute Gasteiger partial charge is 0.465 e. The molecule has 0 aromatic rings. The van der Waals surface area contributed by atoms with Gasteiger partial charge in [-0.2, -0.15) is 0 Å². The molecular weight excluding hydrogens is 178 g/mol. The molecule has 0 fully saturated rings. The van der Waals surface area contributed by atoms with E-state index in [4.69, 9.17) is 4.74 Å². The number of hydrogen-bond donors (Lipinski definition) is 0. The molecule has 0 atom stereocenters. The van der Waals surface area contributed by atoms with Crippen molar-refractivity contribution in [3.05, 3.63) is 0 Å². The normalized spacial score (nSPS) is 11.0. The zero-order valence-electron chi connectivity index (χ0n) is 9.88. The third-order valence-electron chi connectivity index (χ3n) is 2.43. The Morgan fingerprint density at radius 3 is 2.29 bits per heavy atom. The molecular formula is C11H23NO2. The fourth-order valence-electron chi connectivity index (χ4n) is 1.48. The van der Waals surface area contributed by atoms with Crippen molar-refractivity contribution >= 4 is 5.97 Å². The third kappa shape index (κ3) is 5.97. The molecule has 3 heteroatoms. The Hall–Kier alpha value is -0.570. The zero-order chi connectivity index (χ0) is 11.0. The number of likely N-dealkylation sites (N-methyl/N-ethyl adjacent to an activating group) is 1. The van der Waals surface area contributed by atoms with Crippen LogP contribution in [0.5, 0.6) is 0 Å². The molecule has 0 N–H and O–H groups in total. The van der Waals surface area contributed by atoms with Crippen LogP contribution in [0.15, 0.2) is 0 Å². The molecule has 0 amide bonds. The van der Waals surface area contributed by atoms with Crippen molar-refractivity contribution in [3.8, 4) is 0 Å². The van der Waals surface area contributed by atoms with Crippen LogP contribution in [0.4, 0.5) is 0 Å². The van der Waals surface area contributed by atoms with Gasteiger partial charge < -0.3 is 4.74 Å². The van der Waals surface area contributed by atoms with Crippen LogP contribution in [0.3, 0.4) is 0 Å². The first-order valence-corrected chi connectivity index (χ1v) is 5.48. The molecule has 0 aromatic heterocycles. The van der Waals surface area contributed by atoms with Crippen LogP contribution < -0.4 is 0 Å². The summed E-state index contributed by atoms with van der Waals surface area (Å²) in [6, 6.07) is 0. The van der Waals surface area contributed by atoms with Gasteiger partial charge in [0.2, 0.25) is 0 Å².